The molecule has 0 spiro atoms. The highest BCUT2D eigenvalue weighted by Gasteiger charge is 2.26. The summed E-state index contributed by atoms with van der Waals surface area (Å²) in [6.07, 6.45) is 8.67. The summed E-state index contributed by atoms with van der Waals surface area (Å²) in [5.74, 6) is -0.573. The summed E-state index contributed by atoms with van der Waals surface area (Å²) >= 11 is 1.26. The molecule has 1 aliphatic rings. The first-order valence-electron chi connectivity index (χ1n) is 14.7. The van der Waals surface area contributed by atoms with E-state index in [1.54, 1.807) is 34.6 Å². The van der Waals surface area contributed by atoms with Crippen LogP contribution in [-0.2, 0) is 0 Å². The highest BCUT2D eigenvalue weighted by atomic mass is 32.1. The fraction of sp³-hybridized carbons (Fsp3) is 0.250. The van der Waals surface area contributed by atoms with Gasteiger partial charge in [-0.15, -0.1) is 11.3 Å². The van der Waals surface area contributed by atoms with Crippen LogP contribution in [0.5, 0.6) is 0 Å². The molecule has 0 unspecified atom stereocenters. The molecule has 6 aromatic rings. The van der Waals surface area contributed by atoms with Gasteiger partial charge in [-0.25, -0.2) is 18.9 Å². The zero-order chi connectivity index (χ0) is 30.9. The number of halogens is 1. The van der Waals surface area contributed by atoms with E-state index in [9.17, 15) is 14.3 Å². The lowest BCUT2D eigenvalue weighted by molar-refractivity contribution is 0.103. The van der Waals surface area contributed by atoms with Gasteiger partial charge in [-0.05, 0) is 67.8 Å². The van der Waals surface area contributed by atoms with Crippen LogP contribution in [0.15, 0.2) is 72.9 Å². The Bertz CT molecular complexity index is 1960. The summed E-state index contributed by atoms with van der Waals surface area (Å²) in [5.41, 5.74) is 7.79. The number of amides is 1. The van der Waals surface area contributed by atoms with E-state index >= 15 is 0 Å². The molecule has 6 heterocycles. The summed E-state index contributed by atoms with van der Waals surface area (Å²) in [4.78, 5) is 33.8. The topological polar surface area (TPSA) is 126 Å². The minimum absolute atomic E-state index is 0.143. The largest absolute Gasteiger partial charge is 0.395 e. The summed E-state index contributed by atoms with van der Waals surface area (Å²) in [5, 5.41) is 17.3. The maximum Gasteiger partial charge on any atom is 0.267 e. The third kappa shape index (κ3) is 5.72. The number of imidazole rings is 2. The van der Waals surface area contributed by atoms with Crippen LogP contribution < -0.4 is 5.32 Å². The summed E-state index contributed by atoms with van der Waals surface area (Å²) in [6, 6.07) is 12.2. The number of nitrogens with one attached hydrogen (secondary N) is 1. The molecule has 13 heteroatoms. The number of thiazole rings is 1. The normalized spacial score (nSPS) is 14.3. The van der Waals surface area contributed by atoms with E-state index in [0.717, 1.165) is 42.8 Å². The van der Waals surface area contributed by atoms with Crippen molar-refractivity contribution in [2.24, 2.45) is 0 Å². The Kier molecular flexibility index (Phi) is 7.88. The third-order valence-electron chi connectivity index (χ3n) is 8.14. The van der Waals surface area contributed by atoms with Crippen molar-refractivity contribution in [3.05, 3.63) is 89.2 Å². The lowest BCUT2D eigenvalue weighted by atomic mass is 10.0. The Hall–Kier alpha value is -4.85. The molecular weight excluding hydrogens is 593 g/mol. The molecule has 0 radical (unpaired) electrons. The lowest BCUT2D eigenvalue weighted by Crippen LogP contribution is -2.36. The zero-order valence-electron chi connectivity index (χ0n) is 24.5. The van der Waals surface area contributed by atoms with Gasteiger partial charge in [0.15, 0.2) is 5.65 Å². The van der Waals surface area contributed by atoms with Crippen molar-refractivity contribution in [3.63, 3.8) is 0 Å². The number of aliphatic hydroxyl groups excluding tert-OH is 1. The number of benzene rings is 1. The summed E-state index contributed by atoms with van der Waals surface area (Å²) in [6.45, 7) is 4.46. The third-order valence-corrected chi connectivity index (χ3v) is 8.91. The predicted octanol–water partition coefficient (Wildman–Crippen LogP) is 5.11. The molecule has 1 aliphatic heterocycles. The van der Waals surface area contributed by atoms with Crippen LogP contribution in [0.3, 0.4) is 0 Å². The Morgan fingerprint density at radius 2 is 1.89 bits per heavy atom. The number of carbonyl (C=O) groups excluding carboxylic acids is 1. The van der Waals surface area contributed by atoms with E-state index in [4.69, 9.17) is 15.1 Å². The van der Waals surface area contributed by atoms with Crippen molar-refractivity contribution < 1.29 is 14.3 Å². The number of aliphatic hydroxyl groups is 1. The first kappa shape index (κ1) is 28.9. The van der Waals surface area contributed by atoms with Gasteiger partial charge in [0.05, 0.1) is 47.9 Å². The second-order valence-corrected chi connectivity index (χ2v) is 11.9. The Morgan fingerprint density at radius 3 is 2.64 bits per heavy atom. The number of hydrogen-bond acceptors (Lipinski definition) is 9. The van der Waals surface area contributed by atoms with Crippen LogP contribution in [0.25, 0.3) is 39.7 Å². The predicted molar refractivity (Wildman–Crippen MR) is 169 cm³/mol. The molecule has 1 aromatic carbocycles. The number of fused-ring (bicyclic) bond motifs is 1. The van der Waals surface area contributed by atoms with Gasteiger partial charge in [0.2, 0.25) is 0 Å². The quantitative estimate of drug-likeness (QED) is 0.240. The van der Waals surface area contributed by atoms with Crippen molar-refractivity contribution in [1.29, 1.82) is 0 Å². The smallest absolute Gasteiger partial charge is 0.267 e. The molecule has 2 N–H and O–H groups in total. The monoisotopic (exact) mass is 623 g/mol. The highest BCUT2D eigenvalue weighted by Crippen LogP contribution is 2.36. The molecule has 7 rings (SSSR count). The second kappa shape index (κ2) is 12.3. The van der Waals surface area contributed by atoms with Crippen molar-refractivity contribution in [2.75, 3.05) is 31.6 Å². The number of pyridine rings is 1. The Labute approximate surface area is 262 Å². The number of nitrogens with zero attached hydrogens (tertiary/aromatic N) is 8. The van der Waals surface area contributed by atoms with Crippen LogP contribution in [0.1, 0.15) is 34.1 Å². The van der Waals surface area contributed by atoms with Gasteiger partial charge in [0, 0.05) is 37.4 Å². The fourth-order valence-corrected chi connectivity index (χ4v) is 6.32. The highest BCUT2D eigenvalue weighted by molar-refractivity contribution is 7.11. The van der Waals surface area contributed by atoms with Crippen molar-refractivity contribution >= 4 is 28.6 Å². The van der Waals surface area contributed by atoms with E-state index in [2.05, 4.69) is 24.8 Å². The number of anilines is 1. The Morgan fingerprint density at radius 1 is 1.07 bits per heavy atom. The number of aromatic nitrogens is 7. The number of likely N-dealkylation sites (tertiary alicyclic amines) is 1. The van der Waals surface area contributed by atoms with Gasteiger partial charge in [-0.2, -0.15) is 5.10 Å². The van der Waals surface area contributed by atoms with Gasteiger partial charge >= 0.3 is 0 Å². The van der Waals surface area contributed by atoms with Crippen molar-refractivity contribution in [1.82, 2.24) is 39.0 Å². The fourth-order valence-electron chi connectivity index (χ4n) is 5.81. The van der Waals surface area contributed by atoms with Crippen LogP contribution in [-0.4, -0.2) is 76.3 Å². The van der Waals surface area contributed by atoms with Gasteiger partial charge in [-0.3, -0.25) is 14.8 Å². The molecule has 0 saturated carbocycles. The maximum atomic E-state index is 13.8. The SMILES string of the molecule is Cc1ccnc(-c2cn3nc(-c4c(-c5ccc(F)cc5)ncn4C4CCN(CCO)CC4)ccc3n2)c1NC(=O)c1cncs1. The van der Waals surface area contributed by atoms with E-state index < -0.39 is 0 Å². The van der Waals surface area contributed by atoms with E-state index in [1.807, 2.05) is 31.5 Å². The van der Waals surface area contributed by atoms with E-state index in [-0.39, 0.29) is 24.4 Å². The molecule has 11 nitrogen and oxygen atoms in total. The number of hydrogen-bond donors (Lipinski definition) is 2. The number of rotatable bonds is 8. The average Bonchev–Trinajstić information content (AvgIpc) is 3.83. The standard InChI is InChI=1S/C32H30FN9O2S/c1-20-8-11-35-30(28(20)38-32(44)26-16-34-19-45-26)25-17-42-27(37-25)7-6-24(39-42)31-29(21-2-4-22(33)5-3-21)36-18-41(31)23-9-12-40(13-10-23)14-15-43/h2-8,11,16-19,23,43H,9-10,12-15H2,1H3,(H,38,44). The van der Waals surface area contributed by atoms with Gasteiger partial charge < -0.3 is 19.9 Å². The molecule has 1 amide bonds. The van der Waals surface area contributed by atoms with Crippen LogP contribution in [0.2, 0.25) is 0 Å². The molecule has 45 heavy (non-hydrogen) atoms. The Balaban J connectivity index is 1.28. The number of aryl methyl sites for hydroxylation is 1. The molecular formula is C32H30FN9O2S. The van der Waals surface area contributed by atoms with Gasteiger partial charge in [0.25, 0.3) is 5.91 Å². The lowest BCUT2D eigenvalue weighted by Gasteiger charge is -2.32. The maximum absolute atomic E-state index is 13.8. The summed E-state index contributed by atoms with van der Waals surface area (Å²) < 4.78 is 17.7. The molecule has 0 bridgehead atoms. The number of β-amino-alcohol motifs (C(OH)–C–C–N with tert-alkyl or cyclic N) is 1. The van der Waals surface area contributed by atoms with Crippen molar-refractivity contribution in [2.45, 2.75) is 25.8 Å². The van der Waals surface area contributed by atoms with Crippen LogP contribution in [0.4, 0.5) is 10.1 Å². The second-order valence-electron chi connectivity index (χ2n) is 11.0. The van der Waals surface area contributed by atoms with Crippen molar-refractivity contribution in [3.8, 4) is 34.0 Å². The molecule has 1 saturated heterocycles. The van der Waals surface area contributed by atoms with E-state index in [0.29, 0.717) is 45.5 Å². The van der Waals surface area contributed by atoms with Gasteiger partial charge in [0.1, 0.15) is 27.8 Å². The molecule has 0 aliphatic carbocycles. The van der Waals surface area contributed by atoms with Crippen LogP contribution >= 0.6 is 11.3 Å². The zero-order valence-corrected chi connectivity index (χ0v) is 25.3. The first-order chi connectivity index (χ1) is 22.0. The van der Waals surface area contributed by atoms with Crippen LogP contribution in [0, 0.1) is 12.7 Å². The van der Waals surface area contributed by atoms with Gasteiger partial charge in [-0.1, -0.05) is 0 Å². The minimum atomic E-state index is -0.311. The number of carbonyl (C=O) groups is 1. The first-order valence-corrected chi connectivity index (χ1v) is 15.5. The average molecular weight is 624 g/mol. The molecule has 0 atom stereocenters. The molecule has 1 fully saturated rings. The minimum Gasteiger partial charge on any atom is -0.395 e. The number of piperidine rings is 1. The van der Waals surface area contributed by atoms with E-state index in [1.165, 1.54) is 29.7 Å². The molecule has 5 aromatic heterocycles. The molecule has 228 valence electrons. The summed E-state index contributed by atoms with van der Waals surface area (Å²) in [7, 11) is 0.